The van der Waals surface area contributed by atoms with Gasteiger partial charge in [-0.25, -0.2) is 5.43 Å². The third-order valence-electron chi connectivity index (χ3n) is 4.10. The van der Waals surface area contributed by atoms with Crippen LogP contribution in [0.25, 0.3) is 0 Å². The van der Waals surface area contributed by atoms with Crippen LogP contribution in [0, 0.1) is 6.92 Å². The van der Waals surface area contributed by atoms with Crippen LogP contribution in [0.2, 0.25) is 10.0 Å². The lowest BCUT2D eigenvalue weighted by molar-refractivity contribution is 0.0953. The first kappa shape index (κ1) is 20.6. The van der Waals surface area contributed by atoms with Gasteiger partial charge in [0.15, 0.2) is 0 Å². The molecule has 5 nitrogen and oxygen atoms in total. The van der Waals surface area contributed by atoms with Gasteiger partial charge in [-0.15, -0.1) is 0 Å². The van der Waals surface area contributed by atoms with E-state index in [4.69, 9.17) is 23.2 Å². The van der Waals surface area contributed by atoms with E-state index in [1.165, 1.54) is 6.21 Å². The standard InChI is InChI=1S/C22H17Cl2N3O2/c1-14-5-2-3-8-19(14)22(29)26-18-7-4-6-15(11-18)21(28)27-25-13-16-9-10-17(23)12-20(16)24/h2-13H,1H3,(H,26,29)(H,27,28)/b25-13+. The Morgan fingerprint density at radius 3 is 2.48 bits per heavy atom. The van der Waals surface area contributed by atoms with Crippen molar-refractivity contribution in [2.45, 2.75) is 6.92 Å². The second kappa shape index (κ2) is 9.37. The number of nitrogens with zero attached hydrogens (tertiary/aromatic N) is 1. The van der Waals surface area contributed by atoms with E-state index in [0.717, 1.165) is 5.56 Å². The van der Waals surface area contributed by atoms with Crippen molar-refractivity contribution in [3.8, 4) is 0 Å². The summed E-state index contributed by atoms with van der Waals surface area (Å²) in [5.74, 6) is -0.658. The maximum absolute atomic E-state index is 12.4. The number of carbonyl (C=O) groups is 2. The van der Waals surface area contributed by atoms with Gasteiger partial charge in [-0.2, -0.15) is 5.10 Å². The Labute approximate surface area is 178 Å². The summed E-state index contributed by atoms with van der Waals surface area (Å²) in [6.07, 6.45) is 1.43. The van der Waals surface area contributed by atoms with Crippen molar-refractivity contribution in [2.24, 2.45) is 5.10 Å². The molecule has 0 fully saturated rings. The van der Waals surface area contributed by atoms with Gasteiger partial charge in [0.05, 0.1) is 11.2 Å². The van der Waals surface area contributed by atoms with Crippen molar-refractivity contribution < 1.29 is 9.59 Å². The molecule has 0 heterocycles. The number of amides is 2. The SMILES string of the molecule is Cc1ccccc1C(=O)Nc1cccc(C(=O)N/N=C/c2ccc(Cl)cc2Cl)c1. The zero-order chi connectivity index (χ0) is 20.8. The molecule has 0 aliphatic carbocycles. The lowest BCUT2D eigenvalue weighted by Crippen LogP contribution is -2.18. The molecule has 29 heavy (non-hydrogen) atoms. The molecule has 2 N–H and O–H groups in total. The van der Waals surface area contributed by atoms with Crippen molar-refractivity contribution in [1.82, 2.24) is 5.43 Å². The zero-order valence-electron chi connectivity index (χ0n) is 15.4. The van der Waals surface area contributed by atoms with Gasteiger partial charge in [-0.3, -0.25) is 9.59 Å². The Morgan fingerprint density at radius 2 is 1.72 bits per heavy atom. The van der Waals surface area contributed by atoms with Crippen molar-refractivity contribution in [1.29, 1.82) is 0 Å². The smallest absolute Gasteiger partial charge is 0.271 e. The number of hydrogen-bond donors (Lipinski definition) is 2. The minimum Gasteiger partial charge on any atom is -0.322 e. The second-order valence-corrected chi connectivity index (χ2v) is 7.06. The summed E-state index contributed by atoms with van der Waals surface area (Å²) in [6, 6.07) is 18.9. The number of rotatable bonds is 5. The fraction of sp³-hybridized carbons (Fsp3) is 0.0455. The number of anilines is 1. The average Bonchev–Trinajstić information content (AvgIpc) is 2.70. The van der Waals surface area contributed by atoms with Gasteiger partial charge in [0.2, 0.25) is 0 Å². The molecule has 3 aromatic rings. The summed E-state index contributed by atoms with van der Waals surface area (Å²) in [6.45, 7) is 1.86. The molecule has 0 atom stereocenters. The molecule has 0 radical (unpaired) electrons. The highest BCUT2D eigenvalue weighted by molar-refractivity contribution is 6.36. The molecule has 7 heteroatoms. The molecule has 0 aliphatic rings. The molecule has 0 spiro atoms. The maximum atomic E-state index is 12.4. The second-order valence-electron chi connectivity index (χ2n) is 6.21. The number of hydrogen-bond acceptors (Lipinski definition) is 3. The van der Waals surface area contributed by atoms with Crippen LogP contribution in [-0.2, 0) is 0 Å². The fourth-order valence-corrected chi connectivity index (χ4v) is 3.05. The molecule has 0 aliphatic heterocycles. The Balaban J connectivity index is 1.67. The van der Waals surface area contributed by atoms with Crippen LogP contribution < -0.4 is 10.7 Å². The van der Waals surface area contributed by atoms with E-state index in [0.29, 0.717) is 32.4 Å². The quantitative estimate of drug-likeness (QED) is 0.428. The molecule has 0 saturated carbocycles. The molecule has 0 bridgehead atoms. The Hall–Kier alpha value is -3.15. The molecule has 0 saturated heterocycles. The maximum Gasteiger partial charge on any atom is 0.271 e. The van der Waals surface area contributed by atoms with Crippen molar-refractivity contribution in [3.63, 3.8) is 0 Å². The molecular weight excluding hydrogens is 409 g/mol. The van der Waals surface area contributed by atoms with E-state index < -0.39 is 5.91 Å². The minimum absolute atomic E-state index is 0.240. The predicted molar refractivity (Wildman–Crippen MR) is 117 cm³/mol. The Morgan fingerprint density at radius 1 is 0.931 bits per heavy atom. The summed E-state index contributed by atoms with van der Waals surface area (Å²) in [7, 11) is 0. The summed E-state index contributed by atoms with van der Waals surface area (Å²) in [5.41, 5.74) is 5.37. The lowest BCUT2D eigenvalue weighted by atomic mass is 10.1. The normalized spacial score (nSPS) is 10.7. The average molecular weight is 426 g/mol. The van der Waals surface area contributed by atoms with Crippen LogP contribution in [0.1, 0.15) is 31.8 Å². The monoisotopic (exact) mass is 425 g/mol. The third kappa shape index (κ3) is 5.44. The molecular formula is C22H17Cl2N3O2. The predicted octanol–water partition coefficient (Wildman–Crippen LogP) is 5.32. The van der Waals surface area contributed by atoms with Gasteiger partial charge in [0.25, 0.3) is 11.8 Å². The highest BCUT2D eigenvalue weighted by Gasteiger charge is 2.10. The number of nitrogens with one attached hydrogen (secondary N) is 2. The number of halogens is 2. The summed E-state index contributed by atoms with van der Waals surface area (Å²) in [4.78, 5) is 24.8. The largest absolute Gasteiger partial charge is 0.322 e. The highest BCUT2D eigenvalue weighted by atomic mass is 35.5. The minimum atomic E-state index is -0.418. The number of benzene rings is 3. The van der Waals surface area contributed by atoms with E-state index in [2.05, 4.69) is 15.8 Å². The van der Waals surface area contributed by atoms with E-state index in [1.54, 1.807) is 54.6 Å². The van der Waals surface area contributed by atoms with E-state index in [-0.39, 0.29) is 5.91 Å². The van der Waals surface area contributed by atoms with Crippen molar-refractivity contribution in [2.75, 3.05) is 5.32 Å². The Bertz CT molecular complexity index is 1100. The summed E-state index contributed by atoms with van der Waals surface area (Å²) >= 11 is 11.9. The van der Waals surface area contributed by atoms with Gasteiger partial charge in [0.1, 0.15) is 0 Å². The van der Waals surface area contributed by atoms with Crippen LogP contribution in [0.15, 0.2) is 71.8 Å². The van der Waals surface area contributed by atoms with Crippen molar-refractivity contribution in [3.05, 3.63) is 99.0 Å². The van der Waals surface area contributed by atoms with Gasteiger partial charge in [0, 0.05) is 27.4 Å². The third-order valence-corrected chi connectivity index (χ3v) is 4.67. The lowest BCUT2D eigenvalue weighted by Gasteiger charge is -2.08. The first-order valence-corrected chi connectivity index (χ1v) is 9.45. The fourth-order valence-electron chi connectivity index (χ4n) is 2.60. The van der Waals surface area contributed by atoms with Gasteiger partial charge < -0.3 is 5.32 Å². The van der Waals surface area contributed by atoms with Crippen LogP contribution in [-0.4, -0.2) is 18.0 Å². The topological polar surface area (TPSA) is 70.6 Å². The van der Waals surface area contributed by atoms with E-state index in [1.807, 2.05) is 19.1 Å². The Kier molecular flexibility index (Phi) is 6.65. The van der Waals surface area contributed by atoms with E-state index >= 15 is 0 Å². The number of carbonyl (C=O) groups excluding carboxylic acids is 2. The highest BCUT2D eigenvalue weighted by Crippen LogP contribution is 2.19. The van der Waals surface area contributed by atoms with Crippen LogP contribution in [0.4, 0.5) is 5.69 Å². The van der Waals surface area contributed by atoms with Gasteiger partial charge in [-0.1, -0.05) is 53.5 Å². The molecule has 0 aromatic heterocycles. The molecule has 146 valence electrons. The first-order chi connectivity index (χ1) is 13.9. The summed E-state index contributed by atoms with van der Waals surface area (Å²) < 4.78 is 0. The summed E-state index contributed by atoms with van der Waals surface area (Å²) in [5, 5.41) is 7.66. The van der Waals surface area contributed by atoms with Crippen LogP contribution in [0.3, 0.4) is 0 Å². The zero-order valence-corrected chi connectivity index (χ0v) is 17.0. The van der Waals surface area contributed by atoms with E-state index in [9.17, 15) is 9.59 Å². The number of aryl methyl sites for hydroxylation is 1. The van der Waals surface area contributed by atoms with Crippen LogP contribution in [0.5, 0.6) is 0 Å². The van der Waals surface area contributed by atoms with Gasteiger partial charge in [-0.05, 0) is 48.9 Å². The molecule has 3 aromatic carbocycles. The molecule has 2 amide bonds. The molecule has 0 unspecified atom stereocenters. The first-order valence-electron chi connectivity index (χ1n) is 8.69. The number of hydrazone groups is 1. The van der Waals surface area contributed by atoms with Gasteiger partial charge >= 0.3 is 0 Å². The van der Waals surface area contributed by atoms with Crippen molar-refractivity contribution >= 4 is 46.9 Å². The van der Waals surface area contributed by atoms with Crippen LogP contribution >= 0.6 is 23.2 Å². The molecule has 3 rings (SSSR count).